The summed E-state index contributed by atoms with van der Waals surface area (Å²) in [5, 5.41) is 0. The van der Waals surface area contributed by atoms with Crippen molar-refractivity contribution in [3.8, 4) is 0 Å². The molecule has 3 heteroatoms. The Hall–Kier alpha value is -1.64. The molecule has 0 radical (unpaired) electrons. The van der Waals surface area contributed by atoms with E-state index in [0.717, 1.165) is 17.1 Å². The van der Waals surface area contributed by atoms with E-state index >= 15 is 0 Å². The smallest absolute Gasteiger partial charge is 0.124 e. The Morgan fingerprint density at radius 3 is 2.71 bits per heavy atom. The molecule has 1 aromatic rings. The lowest BCUT2D eigenvalue weighted by Crippen LogP contribution is -2.01. The van der Waals surface area contributed by atoms with Gasteiger partial charge in [0.15, 0.2) is 0 Å². The Morgan fingerprint density at radius 2 is 2.14 bits per heavy atom. The Labute approximate surface area is 84.4 Å². The molecule has 2 N–H and O–H groups in total. The SMILES string of the molecule is C/C=C(/C)N=C(C)c1cccc(N)n1. The number of allylic oxidation sites excluding steroid dienone is 2. The summed E-state index contributed by atoms with van der Waals surface area (Å²) in [5.74, 6) is 0.523. The third kappa shape index (κ3) is 2.69. The van der Waals surface area contributed by atoms with E-state index in [4.69, 9.17) is 5.73 Å². The molecular formula is C11H15N3. The summed E-state index contributed by atoms with van der Waals surface area (Å²) in [4.78, 5) is 8.55. The second kappa shape index (κ2) is 4.56. The first-order valence-electron chi connectivity index (χ1n) is 4.54. The van der Waals surface area contributed by atoms with Crippen molar-refractivity contribution in [3.05, 3.63) is 35.7 Å². The fourth-order valence-corrected chi connectivity index (χ4v) is 1.04. The van der Waals surface area contributed by atoms with Crippen LogP contribution in [0.3, 0.4) is 0 Å². The van der Waals surface area contributed by atoms with Crippen molar-refractivity contribution >= 4 is 11.5 Å². The molecular weight excluding hydrogens is 174 g/mol. The quantitative estimate of drug-likeness (QED) is 0.726. The summed E-state index contributed by atoms with van der Waals surface area (Å²) >= 11 is 0. The second-order valence-corrected chi connectivity index (χ2v) is 3.07. The van der Waals surface area contributed by atoms with E-state index in [0.29, 0.717) is 5.82 Å². The van der Waals surface area contributed by atoms with E-state index in [1.807, 2.05) is 39.0 Å². The summed E-state index contributed by atoms with van der Waals surface area (Å²) in [6.07, 6.45) is 1.95. The molecule has 1 rings (SSSR count). The van der Waals surface area contributed by atoms with Gasteiger partial charge in [0.1, 0.15) is 5.82 Å². The average Bonchev–Trinajstić information content (AvgIpc) is 2.17. The lowest BCUT2D eigenvalue weighted by Gasteiger charge is -2.00. The van der Waals surface area contributed by atoms with Crippen LogP contribution in [0.4, 0.5) is 5.82 Å². The van der Waals surface area contributed by atoms with E-state index in [9.17, 15) is 0 Å². The summed E-state index contributed by atoms with van der Waals surface area (Å²) in [7, 11) is 0. The van der Waals surface area contributed by atoms with Gasteiger partial charge in [-0.2, -0.15) is 0 Å². The molecule has 1 aromatic heterocycles. The van der Waals surface area contributed by atoms with Crippen LogP contribution in [0.5, 0.6) is 0 Å². The van der Waals surface area contributed by atoms with Crippen molar-refractivity contribution in [2.24, 2.45) is 4.99 Å². The Kier molecular flexibility index (Phi) is 3.40. The van der Waals surface area contributed by atoms with Gasteiger partial charge < -0.3 is 5.73 Å². The maximum absolute atomic E-state index is 5.58. The highest BCUT2D eigenvalue weighted by molar-refractivity contribution is 5.97. The van der Waals surface area contributed by atoms with Crippen LogP contribution in [-0.4, -0.2) is 10.7 Å². The lowest BCUT2D eigenvalue weighted by atomic mass is 10.2. The van der Waals surface area contributed by atoms with E-state index in [1.54, 1.807) is 6.07 Å². The highest BCUT2D eigenvalue weighted by atomic mass is 14.9. The third-order valence-corrected chi connectivity index (χ3v) is 1.90. The molecule has 0 aliphatic carbocycles. The normalized spacial score (nSPS) is 13.1. The molecule has 0 saturated heterocycles. The number of hydrogen-bond acceptors (Lipinski definition) is 3. The van der Waals surface area contributed by atoms with Crippen LogP contribution in [0.25, 0.3) is 0 Å². The van der Waals surface area contributed by atoms with Gasteiger partial charge in [-0.05, 0) is 32.9 Å². The number of rotatable bonds is 2. The zero-order chi connectivity index (χ0) is 10.6. The van der Waals surface area contributed by atoms with E-state index in [2.05, 4.69) is 9.98 Å². The fourth-order valence-electron chi connectivity index (χ4n) is 1.04. The van der Waals surface area contributed by atoms with Crippen LogP contribution in [0.2, 0.25) is 0 Å². The third-order valence-electron chi connectivity index (χ3n) is 1.90. The fraction of sp³-hybridized carbons (Fsp3) is 0.273. The van der Waals surface area contributed by atoms with Crippen LogP contribution in [0.15, 0.2) is 35.0 Å². The van der Waals surface area contributed by atoms with Gasteiger partial charge in [-0.15, -0.1) is 0 Å². The summed E-state index contributed by atoms with van der Waals surface area (Å²) in [6.45, 7) is 5.84. The van der Waals surface area contributed by atoms with Gasteiger partial charge in [0.2, 0.25) is 0 Å². The van der Waals surface area contributed by atoms with Crippen molar-refractivity contribution in [1.29, 1.82) is 0 Å². The average molecular weight is 189 g/mol. The van der Waals surface area contributed by atoms with Crippen LogP contribution < -0.4 is 5.73 Å². The zero-order valence-electron chi connectivity index (χ0n) is 8.78. The van der Waals surface area contributed by atoms with Crippen LogP contribution in [-0.2, 0) is 0 Å². The molecule has 0 amide bonds. The summed E-state index contributed by atoms with van der Waals surface area (Å²) < 4.78 is 0. The standard InChI is InChI=1S/C11H15N3/c1-4-8(2)13-9(3)10-6-5-7-11(12)14-10/h4-7H,1-3H3,(H2,12,14)/b8-4-,13-9?. The van der Waals surface area contributed by atoms with E-state index in [-0.39, 0.29) is 0 Å². The van der Waals surface area contributed by atoms with Gasteiger partial charge in [-0.1, -0.05) is 12.1 Å². The second-order valence-electron chi connectivity index (χ2n) is 3.07. The molecule has 14 heavy (non-hydrogen) atoms. The summed E-state index contributed by atoms with van der Waals surface area (Å²) in [5.41, 5.74) is 8.26. The number of nitrogens with zero attached hydrogens (tertiary/aromatic N) is 2. The molecule has 0 aromatic carbocycles. The summed E-state index contributed by atoms with van der Waals surface area (Å²) in [6, 6.07) is 5.54. The highest BCUT2D eigenvalue weighted by Crippen LogP contribution is 2.04. The molecule has 0 aliphatic rings. The maximum Gasteiger partial charge on any atom is 0.124 e. The minimum absolute atomic E-state index is 0.523. The van der Waals surface area contributed by atoms with E-state index in [1.165, 1.54) is 0 Å². The first kappa shape index (κ1) is 10.4. The topological polar surface area (TPSA) is 51.3 Å². The van der Waals surface area contributed by atoms with Crippen molar-refractivity contribution in [2.45, 2.75) is 20.8 Å². The van der Waals surface area contributed by atoms with Gasteiger partial charge in [-0.3, -0.25) is 4.99 Å². The maximum atomic E-state index is 5.58. The van der Waals surface area contributed by atoms with Gasteiger partial charge in [0.05, 0.1) is 11.4 Å². The van der Waals surface area contributed by atoms with Crippen LogP contribution in [0.1, 0.15) is 26.5 Å². The van der Waals surface area contributed by atoms with Crippen molar-refractivity contribution in [3.63, 3.8) is 0 Å². The van der Waals surface area contributed by atoms with Crippen LogP contribution in [0, 0.1) is 0 Å². The molecule has 0 unspecified atom stereocenters. The minimum atomic E-state index is 0.523. The predicted octanol–water partition coefficient (Wildman–Crippen LogP) is 2.40. The number of nitrogen functional groups attached to an aromatic ring is 1. The van der Waals surface area contributed by atoms with Crippen molar-refractivity contribution < 1.29 is 0 Å². The van der Waals surface area contributed by atoms with E-state index < -0.39 is 0 Å². The first-order valence-corrected chi connectivity index (χ1v) is 4.54. The Morgan fingerprint density at radius 1 is 1.43 bits per heavy atom. The van der Waals surface area contributed by atoms with Gasteiger partial charge >= 0.3 is 0 Å². The lowest BCUT2D eigenvalue weighted by molar-refractivity contribution is 1.24. The van der Waals surface area contributed by atoms with Gasteiger partial charge in [0.25, 0.3) is 0 Å². The Balaban J connectivity index is 3.00. The number of anilines is 1. The number of nitrogens with two attached hydrogens (primary N) is 1. The number of aromatic nitrogens is 1. The van der Waals surface area contributed by atoms with Crippen molar-refractivity contribution in [1.82, 2.24) is 4.98 Å². The highest BCUT2D eigenvalue weighted by Gasteiger charge is 1.98. The minimum Gasteiger partial charge on any atom is -0.384 e. The largest absolute Gasteiger partial charge is 0.384 e. The molecule has 0 atom stereocenters. The number of pyridine rings is 1. The molecule has 0 saturated carbocycles. The molecule has 0 fully saturated rings. The molecule has 0 spiro atoms. The monoisotopic (exact) mass is 189 g/mol. The van der Waals surface area contributed by atoms with Gasteiger partial charge in [0, 0.05) is 5.70 Å². The van der Waals surface area contributed by atoms with Crippen molar-refractivity contribution in [2.75, 3.05) is 5.73 Å². The molecule has 0 aliphatic heterocycles. The Bertz CT molecular complexity index is 378. The molecule has 0 bridgehead atoms. The predicted molar refractivity (Wildman–Crippen MR) is 60.3 cm³/mol. The number of aliphatic imine (C=N–C) groups is 1. The first-order chi connectivity index (χ1) is 6.63. The molecule has 74 valence electrons. The molecule has 3 nitrogen and oxygen atoms in total. The molecule has 1 heterocycles. The number of hydrogen-bond donors (Lipinski definition) is 1. The van der Waals surface area contributed by atoms with Crippen LogP contribution >= 0.6 is 0 Å². The van der Waals surface area contributed by atoms with Gasteiger partial charge in [-0.25, -0.2) is 4.98 Å². The zero-order valence-corrected chi connectivity index (χ0v) is 8.78.